The number of rotatable bonds is 16. The molecule has 0 radical (unpaired) electrons. The second-order valence-corrected chi connectivity index (χ2v) is 27.0. The van der Waals surface area contributed by atoms with E-state index in [0.29, 0.717) is 75.4 Å². The van der Waals surface area contributed by atoms with Crippen LogP contribution in [0, 0.1) is 105 Å². The predicted molar refractivity (Wildman–Crippen MR) is 264 cm³/mol. The molecule has 9 saturated carbocycles. The highest BCUT2D eigenvalue weighted by Crippen LogP contribution is 2.70. The molecule has 0 aromatic heterocycles. The van der Waals surface area contributed by atoms with E-state index in [-0.39, 0.29) is 119 Å². The number of carbonyl (C=O) groups is 2. The molecule has 0 amide bonds. The Kier molecular flexibility index (Phi) is 16.3. The summed E-state index contributed by atoms with van der Waals surface area (Å²) in [5, 5.41) is 67.9. The SMILES string of the molecule is CC(CCC(=O)OCOCC1CCC(COCOC(=O)CCC(C)C2CCC3C4C(O)C[C@H]5CC(O)CCC5(C)C4CC(O)[C@]23C)CC1)C1CCC2C3C(O)CC4CC(O)CCC4(C)C3CC(O)C12C. The molecule has 0 bridgehead atoms. The Labute approximate surface area is 420 Å². The summed E-state index contributed by atoms with van der Waals surface area (Å²) in [6.45, 7) is 14.7. The van der Waals surface area contributed by atoms with Crippen LogP contribution in [-0.4, -0.2) is 106 Å². The molecule has 20 unspecified atom stereocenters. The lowest BCUT2D eigenvalue weighted by Crippen LogP contribution is -2.62. The standard InChI is InChI=1S/C58H96O12/c1-33(41-13-15-43-53-45(27-49(63)57(41,43)5)55(3)21-19-39(59)23-37(55)25-47(53)61)7-17-51(65)69-31-67-29-35-9-11-36(12-10-35)30-68-32-70-52(66)18-8-34(2)42-14-16-44-54-46(28-50(64)58(42,44)6)56(4)22-20-40(60)24-38(56)26-48(54)62/h33-50,53-54,59-64H,7-32H2,1-6H3/t33?,34?,35?,36?,37-,38?,39?,40?,41?,42?,43?,44?,45?,46?,47?,48?,49?,50?,53?,54?,55?,56?,57-,58?/m1/s1. The molecule has 0 saturated heterocycles. The van der Waals surface area contributed by atoms with Crippen LogP contribution in [0.2, 0.25) is 0 Å². The largest absolute Gasteiger partial charge is 0.438 e. The Morgan fingerprint density at radius 3 is 1.27 bits per heavy atom. The fourth-order valence-corrected chi connectivity index (χ4v) is 19.7. The Morgan fingerprint density at radius 2 is 0.886 bits per heavy atom. The number of esters is 2. The van der Waals surface area contributed by atoms with Gasteiger partial charge in [-0.2, -0.15) is 0 Å². The van der Waals surface area contributed by atoms with Gasteiger partial charge in [-0.1, -0.05) is 41.5 Å². The maximum absolute atomic E-state index is 12.9. The monoisotopic (exact) mass is 985 g/mol. The first-order chi connectivity index (χ1) is 33.3. The summed E-state index contributed by atoms with van der Waals surface area (Å²) in [5.41, 5.74) is -0.470. The van der Waals surface area contributed by atoms with Crippen molar-refractivity contribution >= 4 is 11.9 Å². The van der Waals surface area contributed by atoms with E-state index in [2.05, 4.69) is 41.5 Å². The van der Waals surface area contributed by atoms with Crippen LogP contribution < -0.4 is 0 Å². The van der Waals surface area contributed by atoms with Crippen LogP contribution in [0.5, 0.6) is 0 Å². The van der Waals surface area contributed by atoms with Gasteiger partial charge in [-0.3, -0.25) is 9.59 Å². The highest BCUT2D eigenvalue weighted by Gasteiger charge is 2.67. The average Bonchev–Trinajstić information content (AvgIpc) is 3.88. The second-order valence-electron chi connectivity index (χ2n) is 27.0. The van der Waals surface area contributed by atoms with Gasteiger partial charge in [0.1, 0.15) is 0 Å². The maximum Gasteiger partial charge on any atom is 0.307 e. The van der Waals surface area contributed by atoms with E-state index in [1.807, 2.05) is 0 Å². The molecule has 6 N–H and O–H groups in total. The van der Waals surface area contributed by atoms with Gasteiger partial charge in [-0.25, -0.2) is 0 Å². The molecule has 9 aliphatic rings. The van der Waals surface area contributed by atoms with Crippen LogP contribution in [-0.2, 0) is 28.5 Å². The third-order valence-electron chi connectivity index (χ3n) is 23.9. The van der Waals surface area contributed by atoms with E-state index in [4.69, 9.17) is 18.9 Å². The van der Waals surface area contributed by atoms with Crippen LogP contribution in [0.4, 0.5) is 0 Å². The Bertz CT molecular complexity index is 1660. The lowest BCUT2D eigenvalue weighted by Gasteiger charge is -2.63. The number of aliphatic hydroxyl groups excluding tert-OH is 6. The van der Waals surface area contributed by atoms with Gasteiger partial charge in [-0.05, 0) is 233 Å². The molecular formula is C58H96O12. The van der Waals surface area contributed by atoms with E-state index in [1.165, 1.54) is 0 Å². The normalized spacial score (nSPS) is 49.5. The quantitative estimate of drug-likeness (QED) is 0.0491. The zero-order valence-corrected chi connectivity index (χ0v) is 44.1. The number of aliphatic hydroxyl groups is 6. The van der Waals surface area contributed by atoms with E-state index in [0.717, 1.165) is 103 Å². The topological polar surface area (TPSA) is 192 Å². The predicted octanol–water partition coefficient (Wildman–Crippen LogP) is 8.58. The Balaban J connectivity index is 0.623. The van der Waals surface area contributed by atoms with Crippen LogP contribution in [0.1, 0.15) is 183 Å². The van der Waals surface area contributed by atoms with Crippen LogP contribution in [0.25, 0.3) is 0 Å². The van der Waals surface area contributed by atoms with Crippen LogP contribution >= 0.6 is 0 Å². The van der Waals surface area contributed by atoms with Crippen LogP contribution in [0.15, 0.2) is 0 Å². The van der Waals surface area contributed by atoms with E-state index in [1.54, 1.807) is 0 Å². The molecule has 0 heterocycles. The summed E-state index contributed by atoms with van der Waals surface area (Å²) in [7, 11) is 0. The highest BCUT2D eigenvalue weighted by atomic mass is 16.7. The van der Waals surface area contributed by atoms with Gasteiger partial charge in [-0.15, -0.1) is 0 Å². The van der Waals surface area contributed by atoms with Gasteiger partial charge in [0.15, 0.2) is 13.6 Å². The molecule has 400 valence electrons. The number of ether oxygens (including phenoxy) is 4. The first-order valence-electron chi connectivity index (χ1n) is 28.8. The van der Waals surface area contributed by atoms with Crippen molar-refractivity contribution in [1.82, 2.24) is 0 Å². The molecule has 9 rings (SSSR count). The average molecular weight is 985 g/mol. The van der Waals surface area contributed by atoms with Crippen LogP contribution in [0.3, 0.4) is 0 Å². The van der Waals surface area contributed by atoms with Gasteiger partial charge >= 0.3 is 11.9 Å². The summed E-state index contributed by atoms with van der Waals surface area (Å²) in [4.78, 5) is 25.8. The van der Waals surface area contributed by atoms with Crippen molar-refractivity contribution < 1.29 is 59.2 Å². The van der Waals surface area contributed by atoms with Crippen molar-refractivity contribution in [1.29, 1.82) is 0 Å². The molecule has 70 heavy (non-hydrogen) atoms. The minimum absolute atomic E-state index is 0.0412. The molecule has 22 atom stereocenters. The molecular weight excluding hydrogens is 889 g/mol. The minimum Gasteiger partial charge on any atom is -0.438 e. The van der Waals surface area contributed by atoms with Crippen molar-refractivity contribution in [3.8, 4) is 0 Å². The zero-order chi connectivity index (χ0) is 49.9. The number of hydrogen-bond acceptors (Lipinski definition) is 12. The maximum atomic E-state index is 12.9. The summed E-state index contributed by atoms with van der Waals surface area (Å²) >= 11 is 0. The lowest BCUT2D eigenvalue weighted by molar-refractivity contribution is -0.207. The van der Waals surface area contributed by atoms with Gasteiger partial charge in [0.2, 0.25) is 0 Å². The van der Waals surface area contributed by atoms with Crippen molar-refractivity contribution in [3.05, 3.63) is 0 Å². The van der Waals surface area contributed by atoms with Gasteiger partial charge in [0, 0.05) is 12.8 Å². The van der Waals surface area contributed by atoms with E-state index in [9.17, 15) is 40.2 Å². The van der Waals surface area contributed by atoms with Crippen molar-refractivity contribution in [2.24, 2.45) is 105 Å². The Morgan fingerprint density at radius 1 is 0.500 bits per heavy atom. The molecule has 0 aromatic rings. The molecule has 0 aliphatic heterocycles. The smallest absolute Gasteiger partial charge is 0.307 e. The van der Waals surface area contributed by atoms with E-state index >= 15 is 0 Å². The molecule has 12 heteroatoms. The van der Waals surface area contributed by atoms with Crippen molar-refractivity contribution in [2.75, 3.05) is 26.8 Å². The summed E-state index contributed by atoms with van der Waals surface area (Å²) in [6, 6.07) is 0. The fraction of sp³-hybridized carbons (Fsp3) is 0.966. The fourth-order valence-electron chi connectivity index (χ4n) is 19.7. The summed E-state index contributed by atoms with van der Waals surface area (Å²) in [5.74, 6) is 3.38. The van der Waals surface area contributed by atoms with Gasteiger partial charge in [0.25, 0.3) is 0 Å². The highest BCUT2D eigenvalue weighted by molar-refractivity contribution is 5.69. The number of fused-ring (bicyclic) bond motifs is 10. The van der Waals surface area contributed by atoms with Gasteiger partial charge in [0.05, 0.1) is 49.8 Å². The molecule has 12 nitrogen and oxygen atoms in total. The third-order valence-corrected chi connectivity index (χ3v) is 23.9. The summed E-state index contributed by atoms with van der Waals surface area (Å²) in [6.07, 6.45) is 15.9. The molecule has 0 spiro atoms. The lowest BCUT2D eigenvalue weighted by atomic mass is 9.43. The molecule has 9 aliphatic carbocycles. The van der Waals surface area contributed by atoms with Gasteiger partial charge < -0.3 is 49.6 Å². The Hall–Kier alpha value is -1.38. The second kappa shape index (κ2) is 21.3. The number of hydrogen-bond donors (Lipinski definition) is 6. The minimum atomic E-state index is -0.439. The first-order valence-corrected chi connectivity index (χ1v) is 28.8. The first kappa shape index (κ1) is 53.4. The summed E-state index contributed by atoms with van der Waals surface area (Å²) < 4.78 is 22.8. The van der Waals surface area contributed by atoms with Crippen molar-refractivity contribution in [2.45, 2.75) is 219 Å². The third kappa shape index (κ3) is 9.85. The zero-order valence-electron chi connectivity index (χ0n) is 44.1. The molecule has 9 fully saturated rings. The van der Waals surface area contributed by atoms with E-state index < -0.39 is 24.4 Å². The molecule has 0 aromatic carbocycles. The van der Waals surface area contributed by atoms with Crippen molar-refractivity contribution in [3.63, 3.8) is 0 Å². The number of carbonyl (C=O) groups excluding carboxylic acids is 2.